The zero-order valence-corrected chi connectivity index (χ0v) is 11.9. The Morgan fingerprint density at radius 2 is 2.10 bits per heavy atom. The Bertz CT molecular complexity index is 471. The number of rotatable bonds is 9. The van der Waals surface area contributed by atoms with Gasteiger partial charge in [-0.2, -0.15) is 0 Å². The van der Waals surface area contributed by atoms with Crippen molar-refractivity contribution in [1.82, 2.24) is 9.88 Å². The van der Waals surface area contributed by atoms with Crippen LogP contribution in [-0.2, 0) is 16.1 Å². The van der Waals surface area contributed by atoms with Crippen LogP contribution in [0.5, 0.6) is 0 Å². The van der Waals surface area contributed by atoms with Crippen molar-refractivity contribution >= 4 is 11.6 Å². The fourth-order valence-corrected chi connectivity index (χ4v) is 1.63. The van der Waals surface area contributed by atoms with Crippen molar-refractivity contribution in [2.45, 2.75) is 32.7 Å². The van der Waals surface area contributed by atoms with Crippen LogP contribution in [0.4, 0.5) is 5.69 Å². The molecule has 6 nitrogen and oxygen atoms in total. The Hall–Kier alpha value is -1.82. The third-order valence-corrected chi connectivity index (χ3v) is 2.75. The van der Waals surface area contributed by atoms with Gasteiger partial charge in [0.2, 0.25) is 5.91 Å². The summed E-state index contributed by atoms with van der Waals surface area (Å²) in [4.78, 5) is 23.1. The van der Waals surface area contributed by atoms with Crippen LogP contribution in [0.25, 0.3) is 0 Å². The maximum atomic E-state index is 11.7. The van der Waals surface area contributed by atoms with E-state index in [-0.39, 0.29) is 18.0 Å². The Kier molecular flexibility index (Phi) is 7.42. The highest BCUT2D eigenvalue weighted by atomic mass is 16.5. The lowest BCUT2D eigenvalue weighted by Crippen LogP contribution is -2.32. The van der Waals surface area contributed by atoms with Gasteiger partial charge in [-0.25, -0.2) is 0 Å². The number of nitrogens with two attached hydrogens (primary N) is 1. The van der Waals surface area contributed by atoms with Gasteiger partial charge in [-0.1, -0.05) is 13.3 Å². The molecule has 0 aromatic carbocycles. The Morgan fingerprint density at radius 3 is 2.85 bits per heavy atom. The number of carbonyl (C=O) groups is 1. The third kappa shape index (κ3) is 6.38. The van der Waals surface area contributed by atoms with Crippen LogP contribution in [0.3, 0.4) is 0 Å². The molecule has 3 N–H and O–H groups in total. The molecular formula is C14H23N3O3. The highest BCUT2D eigenvalue weighted by molar-refractivity contribution is 5.75. The number of nitrogens with one attached hydrogen (secondary N) is 1. The molecule has 0 atom stereocenters. The summed E-state index contributed by atoms with van der Waals surface area (Å²) in [5.41, 5.74) is 5.80. The molecule has 112 valence electrons. The second-order valence-corrected chi connectivity index (χ2v) is 4.60. The average Bonchev–Trinajstić information content (AvgIpc) is 2.42. The van der Waals surface area contributed by atoms with Crippen LogP contribution in [0.15, 0.2) is 23.1 Å². The van der Waals surface area contributed by atoms with Crippen LogP contribution >= 0.6 is 0 Å². The molecule has 0 aliphatic heterocycles. The molecule has 0 aliphatic carbocycles. The monoisotopic (exact) mass is 281 g/mol. The first kappa shape index (κ1) is 16.2. The Labute approximate surface area is 118 Å². The molecule has 0 unspecified atom stereocenters. The number of nitrogen functional groups attached to an aromatic ring is 1. The minimum atomic E-state index is -0.239. The van der Waals surface area contributed by atoms with E-state index in [2.05, 4.69) is 12.2 Å². The normalized spacial score (nSPS) is 10.4. The fraction of sp³-hybridized carbons (Fsp3) is 0.571. The van der Waals surface area contributed by atoms with Crippen LogP contribution in [0, 0.1) is 0 Å². The van der Waals surface area contributed by atoms with Crippen molar-refractivity contribution < 1.29 is 9.53 Å². The summed E-state index contributed by atoms with van der Waals surface area (Å²) in [5.74, 6) is -0.203. The minimum Gasteiger partial charge on any atom is -0.398 e. The highest BCUT2D eigenvalue weighted by Crippen LogP contribution is 1.95. The zero-order chi connectivity index (χ0) is 14.8. The van der Waals surface area contributed by atoms with Gasteiger partial charge >= 0.3 is 0 Å². The molecule has 6 heteroatoms. The van der Waals surface area contributed by atoms with E-state index in [0.29, 0.717) is 18.8 Å². The number of nitrogens with zero attached hydrogens (tertiary/aromatic N) is 1. The van der Waals surface area contributed by atoms with Gasteiger partial charge in [0.15, 0.2) is 0 Å². The van der Waals surface area contributed by atoms with Crippen molar-refractivity contribution in [3.05, 3.63) is 28.7 Å². The number of ether oxygens (including phenoxy) is 1. The number of pyridine rings is 1. The minimum absolute atomic E-state index is 0.0133. The number of hydrogen-bond donors (Lipinski definition) is 2. The van der Waals surface area contributed by atoms with Crippen LogP contribution in [-0.4, -0.2) is 30.2 Å². The van der Waals surface area contributed by atoms with Crippen molar-refractivity contribution in [2.24, 2.45) is 0 Å². The molecule has 0 saturated heterocycles. The molecule has 20 heavy (non-hydrogen) atoms. The molecule has 0 aliphatic rings. The SMILES string of the molecule is CCCCOCCCNC(=O)Cn1cc(N)ccc1=O. The van der Waals surface area contributed by atoms with E-state index in [9.17, 15) is 9.59 Å². The lowest BCUT2D eigenvalue weighted by molar-refractivity contribution is -0.121. The third-order valence-electron chi connectivity index (χ3n) is 2.75. The lowest BCUT2D eigenvalue weighted by atomic mass is 10.3. The maximum absolute atomic E-state index is 11.7. The van der Waals surface area contributed by atoms with Gasteiger partial charge in [-0.15, -0.1) is 0 Å². The van der Waals surface area contributed by atoms with Crippen LogP contribution in [0.2, 0.25) is 0 Å². The molecule has 1 aromatic rings. The van der Waals surface area contributed by atoms with Crippen molar-refractivity contribution in [3.8, 4) is 0 Å². The summed E-state index contributed by atoms with van der Waals surface area (Å²) < 4.78 is 6.68. The van der Waals surface area contributed by atoms with Gasteiger partial charge in [-0.3, -0.25) is 9.59 Å². The first-order valence-electron chi connectivity index (χ1n) is 6.94. The summed E-state index contributed by atoms with van der Waals surface area (Å²) in [7, 11) is 0. The number of hydrogen-bond acceptors (Lipinski definition) is 4. The molecule has 0 spiro atoms. The maximum Gasteiger partial charge on any atom is 0.251 e. The van der Waals surface area contributed by atoms with Crippen molar-refractivity contribution in [1.29, 1.82) is 0 Å². The second kappa shape index (κ2) is 9.14. The van der Waals surface area contributed by atoms with Gasteiger partial charge in [0.05, 0.1) is 0 Å². The van der Waals surface area contributed by atoms with Gasteiger partial charge < -0.3 is 20.4 Å². The summed E-state index contributed by atoms with van der Waals surface area (Å²) >= 11 is 0. The molecule has 1 aromatic heterocycles. The van der Waals surface area contributed by atoms with E-state index in [1.54, 1.807) is 0 Å². The summed E-state index contributed by atoms with van der Waals surface area (Å²) in [6.45, 7) is 4.05. The summed E-state index contributed by atoms with van der Waals surface area (Å²) in [6, 6.07) is 2.87. The molecule has 0 bridgehead atoms. The molecule has 1 heterocycles. The number of amides is 1. The topological polar surface area (TPSA) is 86.3 Å². The molecular weight excluding hydrogens is 258 g/mol. The van der Waals surface area contributed by atoms with E-state index in [1.807, 2.05) is 0 Å². The smallest absolute Gasteiger partial charge is 0.251 e. The standard InChI is InChI=1S/C14H23N3O3/c1-2-3-8-20-9-4-7-16-13(18)11-17-10-12(15)5-6-14(17)19/h5-6,10H,2-4,7-9,11,15H2,1H3,(H,16,18). The first-order chi connectivity index (χ1) is 9.63. The number of unbranched alkanes of at least 4 members (excludes halogenated alkanes) is 1. The lowest BCUT2D eigenvalue weighted by Gasteiger charge is -2.08. The molecule has 0 fully saturated rings. The largest absolute Gasteiger partial charge is 0.398 e. The predicted molar refractivity (Wildman–Crippen MR) is 78.5 cm³/mol. The zero-order valence-electron chi connectivity index (χ0n) is 11.9. The first-order valence-corrected chi connectivity index (χ1v) is 6.94. The number of carbonyl (C=O) groups excluding carboxylic acids is 1. The van der Waals surface area contributed by atoms with Crippen molar-refractivity contribution in [2.75, 3.05) is 25.5 Å². The van der Waals surface area contributed by atoms with Gasteiger partial charge in [0.25, 0.3) is 5.56 Å². The van der Waals surface area contributed by atoms with Crippen molar-refractivity contribution in [3.63, 3.8) is 0 Å². The molecule has 1 amide bonds. The molecule has 0 radical (unpaired) electrons. The quantitative estimate of drug-likeness (QED) is 0.654. The van der Waals surface area contributed by atoms with Gasteiger partial charge in [0.1, 0.15) is 6.54 Å². The fourth-order valence-electron chi connectivity index (χ4n) is 1.63. The summed E-state index contributed by atoms with van der Waals surface area (Å²) in [6.07, 6.45) is 4.41. The number of anilines is 1. The van der Waals surface area contributed by atoms with E-state index >= 15 is 0 Å². The van der Waals surface area contributed by atoms with Crippen LogP contribution in [0.1, 0.15) is 26.2 Å². The van der Waals surface area contributed by atoms with Gasteiger partial charge in [-0.05, 0) is 18.9 Å². The summed E-state index contributed by atoms with van der Waals surface area (Å²) in [5, 5.41) is 2.75. The van der Waals surface area contributed by atoms with Crippen LogP contribution < -0.4 is 16.6 Å². The highest BCUT2D eigenvalue weighted by Gasteiger charge is 2.04. The molecule has 0 saturated carbocycles. The molecule has 1 rings (SSSR count). The van der Waals surface area contributed by atoms with E-state index < -0.39 is 0 Å². The van der Waals surface area contributed by atoms with E-state index in [1.165, 1.54) is 22.9 Å². The second-order valence-electron chi connectivity index (χ2n) is 4.60. The Balaban J connectivity index is 2.20. The predicted octanol–water partition coefficient (Wildman–Crippen LogP) is 0.753. The number of aromatic nitrogens is 1. The van der Waals surface area contributed by atoms with E-state index in [0.717, 1.165) is 25.9 Å². The average molecular weight is 281 g/mol. The van der Waals surface area contributed by atoms with Gasteiger partial charge in [0, 0.05) is 37.7 Å². The Morgan fingerprint density at radius 1 is 1.35 bits per heavy atom. The van der Waals surface area contributed by atoms with E-state index in [4.69, 9.17) is 10.5 Å².